The van der Waals surface area contributed by atoms with Crippen LogP contribution in [0.1, 0.15) is 22.3 Å². The van der Waals surface area contributed by atoms with Gasteiger partial charge < -0.3 is 19.9 Å². The molecule has 12 heteroatoms. The quantitative estimate of drug-likeness (QED) is 0.297. The van der Waals surface area contributed by atoms with E-state index in [0.717, 1.165) is 24.7 Å². The van der Waals surface area contributed by atoms with E-state index < -0.39 is 37.1 Å². The van der Waals surface area contributed by atoms with Crippen LogP contribution in [0.15, 0.2) is 28.9 Å². The molecule has 0 aliphatic carbocycles. The summed E-state index contributed by atoms with van der Waals surface area (Å²) in [6.07, 6.45) is -3.09. The van der Waals surface area contributed by atoms with Crippen molar-refractivity contribution in [2.24, 2.45) is 0 Å². The molecule has 198 valence electrons. The molecule has 0 unspecified atom stereocenters. The number of ether oxygens (including phenoxy) is 1. The molecule has 1 aromatic heterocycles. The molecule has 0 bridgehead atoms. The van der Waals surface area contributed by atoms with Gasteiger partial charge in [0.2, 0.25) is 5.88 Å². The maximum absolute atomic E-state index is 14.4. The Labute approximate surface area is 218 Å². The molecule has 0 radical (unpaired) electrons. The number of rotatable bonds is 8. The van der Waals surface area contributed by atoms with Gasteiger partial charge in [-0.1, -0.05) is 19.6 Å². The first kappa shape index (κ1) is 28.4. The van der Waals surface area contributed by atoms with Gasteiger partial charge in [0.05, 0.1) is 33.6 Å². The number of carbonyl (C=O) groups is 1. The molecule has 1 aliphatic rings. The molecule has 1 aliphatic heterocycles. The highest BCUT2D eigenvalue weighted by atomic mass is 79.9. The number of aromatic nitrogens is 1. The second kappa shape index (κ2) is 11.1. The van der Waals surface area contributed by atoms with E-state index in [1.807, 2.05) is 19.0 Å². The fraction of sp³-hybridized carbons (Fsp3) is 0.500. The van der Waals surface area contributed by atoms with Crippen LogP contribution < -0.4 is 15.0 Å². The number of nitrogens with zero attached hydrogens (tertiary/aromatic N) is 3. The van der Waals surface area contributed by atoms with Crippen molar-refractivity contribution < 1.29 is 27.1 Å². The summed E-state index contributed by atoms with van der Waals surface area (Å²) in [6.45, 7) is 7.85. The lowest BCUT2D eigenvalue weighted by Gasteiger charge is -2.25. The summed E-state index contributed by atoms with van der Waals surface area (Å²) >= 11 is 3.10. The number of anilines is 2. The molecule has 1 aromatic carbocycles. The molecule has 0 spiro atoms. The highest BCUT2D eigenvalue weighted by Gasteiger charge is 2.37. The van der Waals surface area contributed by atoms with Gasteiger partial charge in [-0.3, -0.25) is 4.79 Å². The van der Waals surface area contributed by atoms with Crippen molar-refractivity contribution in [3.8, 4) is 5.88 Å². The van der Waals surface area contributed by atoms with E-state index in [1.165, 1.54) is 12.1 Å². The highest BCUT2D eigenvalue weighted by molar-refractivity contribution is 9.10. The summed E-state index contributed by atoms with van der Waals surface area (Å²) in [7, 11) is 2.45. The van der Waals surface area contributed by atoms with Crippen LogP contribution in [0.4, 0.5) is 28.9 Å². The number of amides is 1. The maximum Gasteiger partial charge on any atom is 0.417 e. The van der Waals surface area contributed by atoms with Gasteiger partial charge in [0, 0.05) is 45.5 Å². The van der Waals surface area contributed by atoms with Crippen molar-refractivity contribution in [1.29, 1.82) is 0 Å². The molecule has 1 fully saturated rings. The minimum absolute atomic E-state index is 0.0882. The molecule has 1 atom stereocenters. The first-order valence-electron chi connectivity index (χ1n) is 11.6. The van der Waals surface area contributed by atoms with Crippen LogP contribution in [0.25, 0.3) is 0 Å². The van der Waals surface area contributed by atoms with E-state index in [9.17, 15) is 22.4 Å². The Bertz CT molecular complexity index is 1110. The number of carbonyl (C=O) groups excluding carboxylic acids is 1. The van der Waals surface area contributed by atoms with Crippen molar-refractivity contribution >= 4 is 41.3 Å². The van der Waals surface area contributed by atoms with E-state index >= 15 is 0 Å². The number of pyridine rings is 1. The van der Waals surface area contributed by atoms with Gasteiger partial charge in [0.15, 0.2) is 0 Å². The summed E-state index contributed by atoms with van der Waals surface area (Å²) < 4.78 is 61.6. The van der Waals surface area contributed by atoms with Gasteiger partial charge in [0.25, 0.3) is 5.91 Å². The zero-order valence-corrected chi connectivity index (χ0v) is 23.6. The Morgan fingerprint density at radius 2 is 1.97 bits per heavy atom. The van der Waals surface area contributed by atoms with E-state index in [1.54, 1.807) is 0 Å². The summed E-state index contributed by atoms with van der Waals surface area (Å²) in [5.74, 6) is -1.71. The van der Waals surface area contributed by atoms with Crippen LogP contribution in [-0.2, 0) is 6.18 Å². The molecule has 36 heavy (non-hydrogen) atoms. The molecule has 3 rings (SSSR count). The fourth-order valence-electron chi connectivity index (χ4n) is 3.86. The van der Waals surface area contributed by atoms with Crippen molar-refractivity contribution in [2.45, 2.75) is 44.3 Å². The van der Waals surface area contributed by atoms with Crippen molar-refractivity contribution in [2.75, 3.05) is 44.0 Å². The van der Waals surface area contributed by atoms with Crippen LogP contribution in [-0.4, -0.2) is 63.7 Å². The lowest BCUT2D eigenvalue weighted by atomic mass is 10.1. The first-order valence-corrected chi connectivity index (χ1v) is 16.1. The SMILES string of the molecule is CN(C)[C@@H]1CCN(c2cc(F)c(Br)cc2NC(=O)c2cnc(OCC[Si](C)(C)C)cc2C(F)(F)F)C1. The average Bonchev–Trinajstić information content (AvgIpc) is 3.25. The molecule has 0 saturated carbocycles. The van der Waals surface area contributed by atoms with Gasteiger partial charge in [-0.2, -0.15) is 13.2 Å². The van der Waals surface area contributed by atoms with E-state index in [4.69, 9.17) is 4.74 Å². The topological polar surface area (TPSA) is 57.7 Å². The van der Waals surface area contributed by atoms with Gasteiger partial charge in [-0.25, -0.2) is 9.37 Å². The molecule has 6 nitrogen and oxygen atoms in total. The zero-order chi connectivity index (χ0) is 26.8. The van der Waals surface area contributed by atoms with Crippen LogP contribution in [0.2, 0.25) is 25.7 Å². The average molecular weight is 592 g/mol. The Hall–Kier alpha value is -2.18. The first-order chi connectivity index (χ1) is 16.7. The Morgan fingerprint density at radius 3 is 2.56 bits per heavy atom. The van der Waals surface area contributed by atoms with E-state index in [-0.39, 0.29) is 28.7 Å². The standard InChI is InChI=1S/C24H31BrF4N4O2Si/c1-32(2)15-6-7-33(14-15)21-12-19(26)18(25)11-20(21)31-23(34)16-13-30-22(10-17(16)24(27,28)29)35-8-9-36(3,4)5/h10-13,15H,6-9,14H2,1-5H3,(H,31,34)/t15-/m1/s1. The number of hydrogen-bond donors (Lipinski definition) is 1. The lowest BCUT2D eigenvalue weighted by Crippen LogP contribution is -2.32. The highest BCUT2D eigenvalue weighted by Crippen LogP contribution is 2.37. The minimum atomic E-state index is -4.80. The minimum Gasteiger partial charge on any atom is -0.478 e. The zero-order valence-electron chi connectivity index (χ0n) is 21.0. The Morgan fingerprint density at radius 1 is 1.28 bits per heavy atom. The maximum atomic E-state index is 14.4. The van der Waals surface area contributed by atoms with Crippen LogP contribution >= 0.6 is 15.9 Å². The van der Waals surface area contributed by atoms with Gasteiger partial charge in [-0.05, 0) is 48.6 Å². The van der Waals surface area contributed by atoms with Crippen molar-refractivity contribution in [3.63, 3.8) is 0 Å². The number of likely N-dealkylation sites (N-methyl/N-ethyl adjacent to an activating group) is 1. The molecule has 1 N–H and O–H groups in total. The smallest absolute Gasteiger partial charge is 0.417 e. The number of nitrogens with one attached hydrogen (secondary N) is 1. The second-order valence-electron chi connectivity index (χ2n) is 10.3. The Kier molecular flexibility index (Phi) is 8.72. The van der Waals surface area contributed by atoms with E-state index in [2.05, 4.69) is 50.8 Å². The van der Waals surface area contributed by atoms with Crippen molar-refractivity contribution in [1.82, 2.24) is 9.88 Å². The number of benzene rings is 1. The third kappa shape index (κ3) is 7.19. The summed E-state index contributed by atoms with van der Waals surface area (Å²) in [4.78, 5) is 21.0. The lowest BCUT2D eigenvalue weighted by molar-refractivity contribution is -0.138. The molecular formula is C24H31BrF4N4O2Si. The van der Waals surface area contributed by atoms with Crippen LogP contribution in [0.3, 0.4) is 0 Å². The summed E-state index contributed by atoms with van der Waals surface area (Å²) in [6, 6.07) is 4.37. The predicted molar refractivity (Wildman–Crippen MR) is 139 cm³/mol. The number of alkyl halides is 3. The van der Waals surface area contributed by atoms with Crippen molar-refractivity contribution in [3.05, 3.63) is 45.8 Å². The molecule has 2 aromatic rings. The molecular weight excluding hydrogens is 560 g/mol. The van der Waals surface area contributed by atoms with Gasteiger partial charge in [-0.15, -0.1) is 0 Å². The van der Waals surface area contributed by atoms with Gasteiger partial charge >= 0.3 is 6.18 Å². The van der Waals surface area contributed by atoms with E-state index in [0.29, 0.717) is 18.8 Å². The number of halogens is 5. The summed E-state index contributed by atoms with van der Waals surface area (Å²) in [5.41, 5.74) is -1.17. The third-order valence-electron chi connectivity index (χ3n) is 6.05. The molecule has 2 heterocycles. The van der Waals surface area contributed by atoms with Crippen LogP contribution in [0.5, 0.6) is 5.88 Å². The predicted octanol–water partition coefficient (Wildman–Crippen LogP) is 6.11. The monoisotopic (exact) mass is 590 g/mol. The second-order valence-corrected chi connectivity index (χ2v) is 16.8. The normalized spacial score (nSPS) is 16.5. The summed E-state index contributed by atoms with van der Waals surface area (Å²) in [5, 5.41) is 2.54. The Balaban J connectivity index is 1.89. The number of hydrogen-bond acceptors (Lipinski definition) is 5. The van der Waals surface area contributed by atoms with Crippen LogP contribution in [0, 0.1) is 5.82 Å². The molecule has 1 saturated heterocycles. The fourth-order valence-corrected chi connectivity index (χ4v) is 4.92. The third-order valence-corrected chi connectivity index (χ3v) is 8.36. The largest absolute Gasteiger partial charge is 0.478 e. The molecule has 1 amide bonds. The van der Waals surface area contributed by atoms with Gasteiger partial charge in [0.1, 0.15) is 5.82 Å².